The molecule has 0 heterocycles. The number of rotatable bonds is 5. The van der Waals surface area contributed by atoms with Crippen molar-refractivity contribution in [2.75, 3.05) is 20.6 Å². The molecule has 0 spiro atoms. The monoisotopic (exact) mass is 375 g/mol. The highest BCUT2D eigenvalue weighted by Gasteiger charge is 2.43. The second kappa shape index (κ2) is 8.08. The molecule has 2 aromatic carbocycles. The second-order valence-corrected chi connectivity index (χ2v) is 8.30. The van der Waals surface area contributed by atoms with Gasteiger partial charge in [0.25, 0.3) is 0 Å². The summed E-state index contributed by atoms with van der Waals surface area (Å²) in [7, 11) is 4.07. The van der Waals surface area contributed by atoms with Crippen LogP contribution in [0.4, 0.5) is 4.39 Å². The van der Waals surface area contributed by atoms with Gasteiger partial charge in [-0.2, -0.15) is 0 Å². The third-order valence-electron chi connectivity index (χ3n) is 5.59. The second-order valence-electron chi connectivity index (χ2n) is 7.86. The molecule has 0 radical (unpaired) electrons. The molecule has 0 aromatic heterocycles. The summed E-state index contributed by atoms with van der Waals surface area (Å²) in [5, 5.41) is 12.3. The Bertz CT molecular complexity index is 716. The van der Waals surface area contributed by atoms with Crippen molar-refractivity contribution in [3.8, 4) is 0 Å². The van der Waals surface area contributed by atoms with Gasteiger partial charge in [0.05, 0.1) is 5.60 Å². The topological polar surface area (TPSA) is 23.5 Å². The Kier molecular flexibility index (Phi) is 6.01. The van der Waals surface area contributed by atoms with Gasteiger partial charge >= 0.3 is 0 Å². The van der Waals surface area contributed by atoms with Gasteiger partial charge < -0.3 is 10.0 Å². The van der Waals surface area contributed by atoms with E-state index < -0.39 is 5.60 Å². The molecule has 140 valence electrons. The van der Waals surface area contributed by atoms with Gasteiger partial charge in [-0.15, -0.1) is 0 Å². The predicted octanol–water partition coefficient (Wildman–Crippen LogP) is 4.89. The van der Waals surface area contributed by atoms with Crippen LogP contribution >= 0.6 is 11.6 Å². The summed E-state index contributed by atoms with van der Waals surface area (Å²) >= 11 is 5.99. The Morgan fingerprint density at radius 2 is 1.77 bits per heavy atom. The molecule has 1 N–H and O–H groups in total. The van der Waals surface area contributed by atoms with Crippen LogP contribution in [-0.4, -0.2) is 30.6 Å². The Hall–Kier alpha value is -1.42. The quantitative estimate of drug-likeness (QED) is 0.804. The van der Waals surface area contributed by atoms with Crippen molar-refractivity contribution >= 4 is 11.6 Å². The molecule has 2 aromatic rings. The van der Waals surface area contributed by atoms with Crippen LogP contribution in [0, 0.1) is 17.7 Å². The maximum absolute atomic E-state index is 13.3. The summed E-state index contributed by atoms with van der Waals surface area (Å²) in [4.78, 5) is 2.13. The van der Waals surface area contributed by atoms with Gasteiger partial charge in [0.2, 0.25) is 0 Å². The summed E-state index contributed by atoms with van der Waals surface area (Å²) in [6, 6.07) is 14.4. The van der Waals surface area contributed by atoms with Gasteiger partial charge in [-0.1, -0.05) is 35.9 Å². The van der Waals surface area contributed by atoms with E-state index in [-0.39, 0.29) is 11.7 Å². The van der Waals surface area contributed by atoms with Crippen LogP contribution in [0.25, 0.3) is 0 Å². The summed E-state index contributed by atoms with van der Waals surface area (Å²) in [5.41, 5.74) is 1.22. The number of nitrogens with zero attached hydrogens (tertiary/aromatic N) is 1. The van der Waals surface area contributed by atoms with Crippen LogP contribution < -0.4 is 0 Å². The summed E-state index contributed by atoms with van der Waals surface area (Å²) in [6.45, 7) is 0.811. The number of benzene rings is 2. The molecule has 3 rings (SSSR count). The maximum Gasteiger partial charge on any atom is 0.123 e. The van der Waals surface area contributed by atoms with Gasteiger partial charge in [0, 0.05) is 17.5 Å². The zero-order valence-electron chi connectivity index (χ0n) is 15.5. The van der Waals surface area contributed by atoms with Gasteiger partial charge in [0.15, 0.2) is 0 Å². The molecular weight excluding hydrogens is 349 g/mol. The molecule has 2 nitrogen and oxygen atoms in total. The maximum atomic E-state index is 13.3. The van der Waals surface area contributed by atoms with Crippen molar-refractivity contribution in [3.05, 3.63) is 70.5 Å². The first kappa shape index (κ1) is 19.3. The molecule has 0 saturated heterocycles. The molecule has 0 amide bonds. The van der Waals surface area contributed by atoms with Crippen LogP contribution in [0.15, 0.2) is 48.5 Å². The van der Waals surface area contributed by atoms with Gasteiger partial charge in [-0.3, -0.25) is 0 Å². The fourth-order valence-electron chi connectivity index (χ4n) is 4.27. The molecule has 3 atom stereocenters. The fourth-order valence-corrected chi connectivity index (χ4v) is 4.39. The standard InChI is InChI=1S/C22H27ClFNO/c1-25(2)15-19-14-17(13-16-3-7-20(23)8-4-16)11-12-22(19,26)18-5-9-21(24)10-6-18/h3-10,17,19,26H,11-15H2,1-2H3. The third kappa shape index (κ3) is 4.46. The molecule has 0 bridgehead atoms. The molecular formula is C22H27ClFNO. The van der Waals surface area contributed by atoms with Gasteiger partial charge in [-0.25, -0.2) is 4.39 Å². The van der Waals surface area contributed by atoms with Crippen LogP contribution in [0.3, 0.4) is 0 Å². The first-order valence-electron chi connectivity index (χ1n) is 9.24. The minimum Gasteiger partial charge on any atom is -0.385 e. The van der Waals surface area contributed by atoms with E-state index in [0.717, 1.165) is 36.4 Å². The lowest BCUT2D eigenvalue weighted by atomic mass is 9.66. The highest BCUT2D eigenvalue weighted by Crippen LogP contribution is 2.45. The minimum absolute atomic E-state index is 0.119. The first-order valence-corrected chi connectivity index (χ1v) is 9.62. The number of aliphatic hydroxyl groups is 1. The number of hydrogen-bond acceptors (Lipinski definition) is 2. The van der Waals surface area contributed by atoms with E-state index in [1.165, 1.54) is 17.7 Å². The Labute approximate surface area is 160 Å². The smallest absolute Gasteiger partial charge is 0.123 e. The Balaban J connectivity index is 1.78. The van der Waals surface area contributed by atoms with Crippen molar-refractivity contribution in [1.82, 2.24) is 4.90 Å². The molecule has 1 aliphatic rings. The van der Waals surface area contributed by atoms with E-state index in [1.54, 1.807) is 12.1 Å². The average Bonchev–Trinajstić information content (AvgIpc) is 2.60. The van der Waals surface area contributed by atoms with E-state index in [1.807, 2.05) is 26.2 Å². The number of halogens is 2. The molecule has 0 aliphatic heterocycles. The van der Waals surface area contributed by atoms with Gasteiger partial charge in [0.1, 0.15) is 5.82 Å². The largest absolute Gasteiger partial charge is 0.385 e. The van der Waals surface area contributed by atoms with Crippen molar-refractivity contribution in [1.29, 1.82) is 0 Å². The summed E-state index contributed by atoms with van der Waals surface area (Å²) < 4.78 is 13.3. The van der Waals surface area contributed by atoms with Crippen LogP contribution in [0.5, 0.6) is 0 Å². The summed E-state index contributed by atoms with van der Waals surface area (Å²) in [6.07, 6.45) is 3.62. The van der Waals surface area contributed by atoms with Crippen LogP contribution in [0.2, 0.25) is 5.02 Å². The lowest BCUT2D eigenvalue weighted by Gasteiger charge is -2.44. The first-order chi connectivity index (χ1) is 12.4. The van der Waals surface area contributed by atoms with Crippen molar-refractivity contribution in [3.63, 3.8) is 0 Å². The lowest BCUT2D eigenvalue weighted by Crippen LogP contribution is -2.45. The third-order valence-corrected chi connectivity index (χ3v) is 5.85. The zero-order valence-corrected chi connectivity index (χ0v) is 16.2. The van der Waals surface area contributed by atoms with Crippen LogP contribution in [0.1, 0.15) is 30.4 Å². The van der Waals surface area contributed by atoms with Crippen molar-refractivity contribution in [2.24, 2.45) is 11.8 Å². The normalized spacial score (nSPS) is 26.2. The van der Waals surface area contributed by atoms with E-state index in [4.69, 9.17) is 11.6 Å². The number of hydrogen-bond donors (Lipinski definition) is 1. The molecule has 1 saturated carbocycles. The molecule has 26 heavy (non-hydrogen) atoms. The molecule has 3 unspecified atom stereocenters. The Morgan fingerprint density at radius 3 is 2.38 bits per heavy atom. The zero-order chi connectivity index (χ0) is 18.7. The highest BCUT2D eigenvalue weighted by molar-refractivity contribution is 6.30. The minimum atomic E-state index is -0.894. The van der Waals surface area contributed by atoms with Crippen molar-refractivity contribution in [2.45, 2.75) is 31.3 Å². The van der Waals surface area contributed by atoms with Crippen molar-refractivity contribution < 1.29 is 9.50 Å². The van der Waals surface area contributed by atoms with Gasteiger partial charge in [-0.05, 0) is 81.1 Å². The van der Waals surface area contributed by atoms with Crippen LogP contribution in [-0.2, 0) is 12.0 Å². The molecule has 1 fully saturated rings. The van der Waals surface area contributed by atoms with E-state index >= 15 is 0 Å². The lowest BCUT2D eigenvalue weighted by molar-refractivity contribution is -0.0752. The molecule has 4 heteroatoms. The van der Waals surface area contributed by atoms with E-state index in [2.05, 4.69) is 17.0 Å². The SMILES string of the molecule is CN(C)CC1CC(Cc2ccc(Cl)cc2)CCC1(O)c1ccc(F)cc1. The Morgan fingerprint density at radius 1 is 1.12 bits per heavy atom. The van der Waals surface area contributed by atoms with E-state index in [0.29, 0.717) is 12.3 Å². The fraction of sp³-hybridized carbons (Fsp3) is 0.455. The summed E-state index contributed by atoms with van der Waals surface area (Å²) in [5.74, 6) is 0.383. The predicted molar refractivity (Wildman–Crippen MR) is 105 cm³/mol. The molecule has 1 aliphatic carbocycles. The highest BCUT2D eigenvalue weighted by atomic mass is 35.5. The van der Waals surface area contributed by atoms with E-state index in [9.17, 15) is 9.50 Å². The average molecular weight is 376 g/mol.